The lowest BCUT2D eigenvalue weighted by molar-refractivity contribution is -1.92. The third kappa shape index (κ3) is 19.2. The molecule has 0 aromatic rings. The maximum absolute atomic E-state index is 10.2. The third-order valence-corrected chi connectivity index (χ3v) is 3.62. The van der Waals surface area contributed by atoms with Gasteiger partial charge >= 0.3 is 11.9 Å². The van der Waals surface area contributed by atoms with Crippen molar-refractivity contribution in [2.45, 2.75) is 38.5 Å². The van der Waals surface area contributed by atoms with Crippen molar-refractivity contribution in [2.75, 3.05) is 39.3 Å². The predicted octanol–water partition coefficient (Wildman–Crippen LogP) is -3.01. The number of carboxylic acid groups (broad SMARTS) is 2. The molecule has 0 atom stereocenters. The fraction of sp³-hybridized carbons (Fsp3) is 0.857. The molecule has 0 radical (unpaired) electrons. The number of hydrogen-bond donors (Lipinski definition) is 3. The average molecular weight is 387 g/mol. The molecule has 3 N–H and O–H groups in total. The van der Waals surface area contributed by atoms with Gasteiger partial charge in [0.2, 0.25) is 0 Å². The summed E-state index contributed by atoms with van der Waals surface area (Å²) in [5.74, 6) is -1.41. The fourth-order valence-electron chi connectivity index (χ4n) is 2.62. The van der Waals surface area contributed by atoms with Crippen molar-refractivity contribution in [3.8, 4) is 0 Å². The number of aliphatic carboxylic acids is 2. The van der Waals surface area contributed by atoms with Crippen molar-refractivity contribution in [2.24, 2.45) is 0 Å². The molecule has 2 heterocycles. The molecule has 11 heteroatoms. The standard InChI is InChI=1S/2C7H13NO2.ClHO4/c2*9-7(10)6-8-4-2-1-3-5-8;2-1(3,4)5/h2*1-6H2,(H,9,10);(H,2,3,4,5). The SMILES string of the molecule is O=C(O)CN1CCCCC1.O=C(O)CN1CCCCC1.[O-][Cl+3]([O-])([O-])O. The van der Waals surface area contributed by atoms with Crippen LogP contribution in [-0.4, -0.2) is 75.9 Å². The number of likely N-dealkylation sites (tertiary alicyclic amines) is 2. The molecule has 0 aromatic heterocycles. The highest BCUT2D eigenvalue weighted by molar-refractivity contribution is 5.69. The Labute approximate surface area is 149 Å². The summed E-state index contributed by atoms with van der Waals surface area (Å²) < 4.78 is 32.7. The summed E-state index contributed by atoms with van der Waals surface area (Å²) in [7, 11) is -4.69. The highest BCUT2D eigenvalue weighted by Crippen LogP contribution is 2.07. The van der Waals surface area contributed by atoms with Crippen molar-refractivity contribution >= 4 is 11.9 Å². The Bertz CT molecular complexity index is 344. The van der Waals surface area contributed by atoms with E-state index in [9.17, 15) is 9.59 Å². The smallest absolute Gasteiger partial charge is 0.317 e. The first kappa shape index (κ1) is 24.0. The molecule has 0 unspecified atom stereocenters. The molecule has 2 aliphatic heterocycles. The molecule has 0 amide bonds. The van der Waals surface area contributed by atoms with Crippen LogP contribution in [0.25, 0.3) is 0 Å². The molecule has 0 aliphatic carbocycles. The van der Waals surface area contributed by atoms with E-state index in [2.05, 4.69) is 0 Å². The Morgan fingerprint density at radius 3 is 1.16 bits per heavy atom. The van der Waals surface area contributed by atoms with Crippen LogP contribution in [0.5, 0.6) is 0 Å². The van der Waals surface area contributed by atoms with Crippen molar-refractivity contribution in [1.29, 1.82) is 0 Å². The Hall–Kier alpha value is -1.01. The minimum absolute atomic E-state index is 0.222. The minimum Gasteiger partial charge on any atom is -0.480 e. The van der Waals surface area contributed by atoms with Crippen LogP contribution in [-0.2, 0) is 9.59 Å². The Balaban J connectivity index is 0.000000368. The molecule has 0 spiro atoms. The number of carbonyl (C=O) groups is 2. The number of halogens is 1. The molecule has 148 valence electrons. The summed E-state index contributed by atoms with van der Waals surface area (Å²) in [6.45, 7) is 4.30. The van der Waals surface area contributed by atoms with Gasteiger partial charge in [0.1, 0.15) is 0 Å². The summed E-state index contributed by atoms with van der Waals surface area (Å²) in [6, 6.07) is 0. The summed E-state index contributed by atoms with van der Waals surface area (Å²) in [5.41, 5.74) is 0. The van der Waals surface area contributed by atoms with Gasteiger partial charge in [0.25, 0.3) is 0 Å². The number of rotatable bonds is 4. The van der Waals surface area contributed by atoms with E-state index in [0.717, 1.165) is 51.9 Å². The van der Waals surface area contributed by atoms with Crippen molar-refractivity contribution in [3.05, 3.63) is 0 Å². The van der Waals surface area contributed by atoms with Crippen molar-refractivity contribution in [3.63, 3.8) is 0 Å². The van der Waals surface area contributed by atoms with Gasteiger partial charge < -0.3 is 10.2 Å². The number of carboxylic acids is 2. The average Bonchev–Trinajstić information content (AvgIpc) is 2.47. The van der Waals surface area contributed by atoms with Crippen LogP contribution in [0.15, 0.2) is 0 Å². The van der Waals surface area contributed by atoms with E-state index < -0.39 is 22.2 Å². The number of nitrogens with zero attached hydrogens (tertiary/aromatic N) is 2. The zero-order valence-corrected chi connectivity index (χ0v) is 14.9. The van der Waals surface area contributed by atoms with E-state index in [0.29, 0.717) is 0 Å². The second-order valence-electron chi connectivity index (χ2n) is 5.86. The van der Waals surface area contributed by atoms with E-state index in [1.165, 1.54) is 12.8 Å². The first-order valence-electron chi connectivity index (χ1n) is 8.09. The quantitative estimate of drug-likeness (QED) is 0.452. The predicted molar refractivity (Wildman–Crippen MR) is 78.1 cm³/mol. The van der Waals surface area contributed by atoms with Gasteiger partial charge in [-0.3, -0.25) is 19.4 Å². The van der Waals surface area contributed by atoms with Gasteiger partial charge in [-0.05, 0) is 51.9 Å². The largest absolute Gasteiger partial charge is 0.480 e. The first-order valence-corrected chi connectivity index (χ1v) is 9.36. The second kappa shape index (κ2) is 13.2. The molecule has 25 heavy (non-hydrogen) atoms. The van der Waals surface area contributed by atoms with Gasteiger partial charge in [0.05, 0.1) is 28.0 Å². The van der Waals surface area contributed by atoms with Gasteiger partial charge in [-0.2, -0.15) is 14.0 Å². The molecular formula is C14H27ClN2O8. The van der Waals surface area contributed by atoms with E-state index in [-0.39, 0.29) is 13.1 Å². The van der Waals surface area contributed by atoms with Gasteiger partial charge in [-0.15, -0.1) is 0 Å². The topological polar surface area (TPSA) is 170 Å². The van der Waals surface area contributed by atoms with Crippen LogP contribution in [0.1, 0.15) is 38.5 Å². The van der Waals surface area contributed by atoms with E-state index >= 15 is 0 Å². The van der Waals surface area contributed by atoms with Crippen LogP contribution in [0, 0.1) is 10.2 Å². The van der Waals surface area contributed by atoms with E-state index in [4.69, 9.17) is 28.8 Å². The summed E-state index contributed by atoms with van der Waals surface area (Å²) in [5, 5.41) is 16.8. The molecule has 2 rings (SSSR count). The second-order valence-corrected chi connectivity index (χ2v) is 6.65. The zero-order valence-electron chi connectivity index (χ0n) is 14.1. The van der Waals surface area contributed by atoms with E-state index in [1.807, 2.05) is 9.80 Å². The summed E-state index contributed by atoms with van der Waals surface area (Å²) in [4.78, 5) is 24.4. The van der Waals surface area contributed by atoms with Gasteiger partial charge in [-0.1, -0.05) is 12.8 Å². The molecule has 2 saturated heterocycles. The van der Waals surface area contributed by atoms with Crippen LogP contribution >= 0.6 is 0 Å². The molecule has 2 aliphatic rings. The minimum atomic E-state index is -4.69. The molecule has 2 fully saturated rings. The molecule has 10 nitrogen and oxygen atoms in total. The van der Waals surface area contributed by atoms with Crippen LogP contribution < -0.4 is 14.0 Å². The van der Waals surface area contributed by atoms with E-state index in [1.54, 1.807) is 0 Å². The number of piperidine rings is 2. The molecule has 0 saturated carbocycles. The molecular weight excluding hydrogens is 360 g/mol. The maximum Gasteiger partial charge on any atom is 0.317 e. The van der Waals surface area contributed by atoms with Gasteiger partial charge in [-0.25, -0.2) is 0 Å². The fourth-order valence-corrected chi connectivity index (χ4v) is 2.62. The van der Waals surface area contributed by atoms with Crippen LogP contribution in [0.2, 0.25) is 0 Å². The maximum atomic E-state index is 10.2. The number of hydrogen-bond acceptors (Lipinski definition) is 8. The van der Waals surface area contributed by atoms with Crippen molar-refractivity contribution in [1.82, 2.24) is 9.80 Å². The molecule has 0 bridgehead atoms. The van der Waals surface area contributed by atoms with Crippen LogP contribution in [0.3, 0.4) is 0 Å². The summed E-state index contributed by atoms with van der Waals surface area (Å²) >= 11 is 0. The van der Waals surface area contributed by atoms with Gasteiger partial charge in [0.15, 0.2) is 0 Å². The third-order valence-electron chi connectivity index (χ3n) is 3.62. The first-order chi connectivity index (χ1) is 11.6. The molecule has 0 aromatic carbocycles. The highest BCUT2D eigenvalue weighted by Gasteiger charge is 2.12. The lowest BCUT2D eigenvalue weighted by Gasteiger charge is -2.24. The lowest BCUT2D eigenvalue weighted by Crippen LogP contribution is -2.58. The van der Waals surface area contributed by atoms with Crippen molar-refractivity contribution < 1.29 is 48.7 Å². The van der Waals surface area contributed by atoms with Crippen LogP contribution in [0.4, 0.5) is 0 Å². The lowest BCUT2D eigenvalue weighted by atomic mass is 10.1. The monoisotopic (exact) mass is 386 g/mol. The Morgan fingerprint density at radius 2 is 0.960 bits per heavy atom. The van der Waals surface area contributed by atoms with Gasteiger partial charge in [0, 0.05) is 0 Å². The zero-order chi connectivity index (χ0) is 19.3. The normalized spacial score (nSPS) is 19.0. The Kier molecular flexibility index (Phi) is 12.7. The highest BCUT2D eigenvalue weighted by atomic mass is 35.7. The Morgan fingerprint density at radius 1 is 0.720 bits per heavy atom. The summed E-state index contributed by atoms with van der Waals surface area (Å²) in [6.07, 6.45) is 7.16.